The van der Waals surface area contributed by atoms with Crippen molar-refractivity contribution in [1.29, 1.82) is 0 Å². The fraction of sp³-hybridized carbons (Fsp3) is 0.250. The van der Waals surface area contributed by atoms with Gasteiger partial charge in [-0.1, -0.05) is 30.3 Å². The molecule has 4 heteroatoms. The first-order valence-electron chi connectivity index (χ1n) is 4.85. The first-order chi connectivity index (χ1) is 7.58. The Morgan fingerprint density at radius 1 is 1.50 bits per heavy atom. The average molecular weight is 239 g/mol. The number of halogens is 1. The van der Waals surface area contributed by atoms with Crippen molar-refractivity contribution in [2.45, 2.75) is 19.3 Å². The van der Waals surface area contributed by atoms with Gasteiger partial charge in [-0.15, -0.1) is 0 Å². The Kier molecular flexibility index (Phi) is 2.99. The Morgan fingerprint density at radius 2 is 2.25 bits per heavy atom. The maximum absolute atomic E-state index is 11.6. The predicted molar refractivity (Wildman–Crippen MR) is 60.0 cm³/mol. The quantitative estimate of drug-likeness (QED) is 0.587. The van der Waals surface area contributed by atoms with E-state index in [0.29, 0.717) is 16.2 Å². The van der Waals surface area contributed by atoms with Crippen LogP contribution in [0.1, 0.15) is 18.6 Å². The van der Waals surface area contributed by atoms with Crippen LogP contribution in [0.15, 0.2) is 36.4 Å². The monoisotopic (exact) mass is 238 g/mol. The molecule has 16 heavy (non-hydrogen) atoms. The van der Waals surface area contributed by atoms with Gasteiger partial charge in [0.25, 0.3) is 0 Å². The van der Waals surface area contributed by atoms with Crippen LogP contribution in [-0.4, -0.2) is 12.3 Å². The summed E-state index contributed by atoms with van der Waals surface area (Å²) in [5, 5.41) is 0.563. The molecule has 1 aromatic rings. The number of cyclic esters (lactones) is 1. The number of hydrogen-bond acceptors (Lipinski definition) is 3. The van der Waals surface area contributed by atoms with Gasteiger partial charge in [0.15, 0.2) is 6.10 Å². The topological polar surface area (TPSA) is 35.5 Å². The molecule has 1 heterocycles. The second-order valence-electron chi connectivity index (χ2n) is 3.69. The van der Waals surface area contributed by atoms with E-state index in [1.165, 1.54) is 0 Å². The molecule has 1 aliphatic rings. The molecule has 84 valence electrons. The Labute approximate surface area is 98.6 Å². The van der Waals surface area contributed by atoms with Crippen molar-refractivity contribution < 1.29 is 14.3 Å². The molecular weight excluding hydrogens is 228 g/mol. The molecule has 1 aromatic carbocycles. The number of carbonyl (C=O) groups is 1. The molecule has 2 unspecified atom stereocenters. The number of esters is 1. The Bertz CT molecular complexity index is 442. The van der Waals surface area contributed by atoms with E-state index in [-0.39, 0.29) is 0 Å². The van der Waals surface area contributed by atoms with Crippen LogP contribution in [0.2, 0.25) is 5.02 Å². The minimum Gasteiger partial charge on any atom is -0.429 e. The Balaban J connectivity index is 2.23. The third-order valence-corrected chi connectivity index (χ3v) is 2.49. The first kappa shape index (κ1) is 11.2. The summed E-state index contributed by atoms with van der Waals surface area (Å²) in [7, 11) is 0. The van der Waals surface area contributed by atoms with Gasteiger partial charge >= 0.3 is 5.97 Å². The van der Waals surface area contributed by atoms with Gasteiger partial charge in [0.2, 0.25) is 6.29 Å². The smallest absolute Gasteiger partial charge is 0.342 e. The molecule has 1 aliphatic heterocycles. The van der Waals surface area contributed by atoms with Crippen molar-refractivity contribution in [3.05, 3.63) is 47.0 Å². The van der Waals surface area contributed by atoms with E-state index in [1.807, 2.05) is 0 Å². The van der Waals surface area contributed by atoms with E-state index in [2.05, 4.69) is 6.58 Å². The summed E-state index contributed by atoms with van der Waals surface area (Å²) in [6.07, 6.45) is -1.36. The van der Waals surface area contributed by atoms with Crippen molar-refractivity contribution in [3.8, 4) is 0 Å². The Morgan fingerprint density at radius 3 is 2.81 bits per heavy atom. The molecule has 2 atom stereocenters. The van der Waals surface area contributed by atoms with E-state index < -0.39 is 18.4 Å². The van der Waals surface area contributed by atoms with Crippen LogP contribution in [0.4, 0.5) is 0 Å². The van der Waals surface area contributed by atoms with Crippen LogP contribution in [0.25, 0.3) is 0 Å². The van der Waals surface area contributed by atoms with Crippen LogP contribution in [0.3, 0.4) is 0 Å². The molecule has 0 amide bonds. The SMILES string of the molecule is C=C(C)C1OC(=O)C(c2cccc(Cl)c2)O1. The molecule has 0 spiro atoms. The van der Waals surface area contributed by atoms with E-state index in [9.17, 15) is 4.79 Å². The summed E-state index contributed by atoms with van der Waals surface area (Å²) in [6, 6.07) is 6.97. The third-order valence-electron chi connectivity index (χ3n) is 2.25. The van der Waals surface area contributed by atoms with E-state index in [0.717, 1.165) is 0 Å². The van der Waals surface area contributed by atoms with Gasteiger partial charge in [0.1, 0.15) is 0 Å². The predicted octanol–water partition coefficient (Wildman–Crippen LogP) is 2.86. The highest BCUT2D eigenvalue weighted by Crippen LogP contribution is 2.31. The van der Waals surface area contributed by atoms with Crippen LogP contribution in [0, 0.1) is 0 Å². The van der Waals surface area contributed by atoms with E-state index in [4.69, 9.17) is 21.1 Å². The lowest BCUT2D eigenvalue weighted by atomic mass is 10.1. The van der Waals surface area contributed by atoms with Crippen LogP contribution in [0.5, 0.6) is 0 Å². The van der Waals surface area contributed by atoms with Gasteiger partial charge in [-0.05, 0) is 30.2 Å². The maximum Gasteiger partial charge on any atom is 0.342 e. The van der Waals surface area contributed by atoms with Crippen molar-refractivity contribution in [2.24, 2.45) is 0 Å². The number of benzene rings is 1. The highest BCUT2D eigenvalue weighted by atomic mass is 35.5. The van der Waals surface area contributed by atoms with Crippen molar-refractivity contribution in [3.63, 3.8) is 0 Å². The average Bonchev–Trinajstić information content (AvgIpc) is 2.60. The first-order valence-corrected chi connectivity index (χ1v) is 5.22. The number of ether oxygens (including phenoxy) is 2. The molecule has 1 saturated heterocycles. The minimum atomic E-state index is -0.708. The molecule has 0 bridgehead atoms. The number of carbonyl (C=O) groups excluding carboxylic acids is 1. The van der Waals surface area contributed by atoms with Gasteiger partial charge in [0.05, 0.1) is 0 Å². The van der Waals surface area contributed by atoms with Gasteiger partial charge in [-0.25, -0.2) is 4.79 Å². The van der Waals surface area contributed by atoms with Gasteiger partial charge in [-0.2, -0.15) is 0 Å². The maximum atomic E-state index is 11.6. The fourth-order valence-electron chi connectivity index (χ4n) is 1.48. The molecule has 0 saturated carbocycles. The highest BCUT2D eigenvalue weighted by Gasteiger charge is 2.36. The highest BCUT2D eigenvalue weighted by molar-refractivity contribution is 6.30. The lowest BCUT2D eigenvalue weighted by Crippen LogP contribution is -2.08. The molecule has 0 N–H and O–H groups in total. The summed E-state index contributed by atoms with van der Waals surface area (Å²) >= 11 is 5.84. The van der Waals surface area contributed by atoms with Gasteiger partial charge in [-0.3, -0.25) is 0 Å². The molecule has 3 nitrogen and oxygen atoms in total. The van der Waals surface area contributed by atoms with Crippen LogP contribution in [-0.2, 0) is 14.3 Å². The van der Waals surface area contributed by atoms with Crippen LogP contribution < -0.4 is 0 Å². The lowest BCUT2D eigenvalue weighted by molar-refractivity contribution is -0.141. The minimum absolute atomic E-state index is 0.407. The summed E-state index contributed by atoms with van der Waals surface area (Å²) in [5.41, 5.74) is 1.36. The van der Waals surface area contributed by atoms with Gasteiger partial charge < -0.3 is 9.47 Å². The molecule has 0 aliphatic carbocycles. The van der Waals surface area contributed by atoms with E-state index >= 15 is 0 Å². The lowest BCUT2D eigenvalue weighted by Gasteiger charge is -2.08. The van der Waals surface area contributed by atoms with Crippen molar-refractivity contribution >= 4 is 17.6 Å². The zero-order valence-corrected chi connectivity index (χ0v) is 9.53. The van der Waals surface area contributed by atoms with Crippen molar-refractivity contribution in [1.82, 2.24) is 0 Å². The van der Waals surface area contributed by atoms with Crippen LogP contribution >= 0.6 is 11.6 Å². The van der Waals surface area contributed by atoms with Gasteiger partial charge in [0, 0.05) is 5.02 Å². The number of hydrogen-bond donors (Lipinski definition) is 0. The fourth-order valence-corrected chi connectivity index (χ4v) is 1.67. The van der Waals surface area contributed by atoms with E-state index in [1.54, 1.807) is 31.2 Å². The zero-order chi connectivity index (χ0) is 11.7. The largest absolute Gasteiger partial charge is 0.429 e. The molecule has 0 aromatic heterocycles. The third kappa shape index (κ3) is 2.10. The van der Waals surface area contributed by atoms with Crippen molar-refractivity contribution in [2.75, 3.05) is 0 Å². The second-order valence-corrected chi connectivity index (χ2v) is 4.12. The summed E-state index contributed by atoms with van der Waals surface area (Å²) in [5.74, 6) is -0.407. The summed E-state index contributed by atoms with van der Waals surface area (Å²) < 4.78 is 10.5. The second kappa shape index (κ2) is 4.28. The Hall–Kier alpha value is -1.32. The number of rotatable bonds is 2. The molecule has 0 radical (unpaired) electrons. The molecule has 1 fully saturated rings. The normalized spacial score (nSPS) is 24.2. The molecule has 2 rings (SSSR count). The summed E-state index contributed by atoms with van der Waals surface area (Å²) in [4.78, 5) is 11.6. The standard InChI is InChI=1S/C12H11ClO3/c1-7(2)12-15-10(11(14)16-12)8-4-3-5-9(13)6-8/h3-6,10,12H,1H2,2H3. The molecular formula is C12H11ClO3. The zero-order valence-electron chi connectivity index (χ0n) is 8.77. The summed E-state index contributed by atoms with van der Waals surface area (Å²) in [6.45, 7) is 5.44.